The minimum atomic E-state index is -0.529. The number of carbonyl (C=O) groups excluding carboxylic acids is 2. The van der Waals surface area contributed by atoms with Crippen LogP contribution in [0.1, 0.15) is 27.2 Å². The molecule has 25 heavy (non-hydrogen) atoms. The van der Waals surface area contributed by atoms with Crippen LogP contribution in [0.2, 0.25) is 0 Å². The molecule has 130 valence electrons. The number of hydrogen-bond acceptors (Lipinski definition) is 5. The van der Waals surface area contributed by atoms with E-state index in [1.807, 2.05) is 6.07 Å². The summed E-state index contributed by atoms with van der Waals surface area (Å²) in [6.07, 6.45) is 2.72. The van der Waals surface area contributed by atoms with Gasteiger partial charge < -0.3 is 21.1 Å². The van der Waals surface area contributed by atoms with Gasteiger partial charge in [0.05, 0.1) is 18.4 Å². The summed E-state index contributed by atoms with van der Waals surface area (Å²) in [5, 5.41) is 6.04. The monoisotopic (exact) mass is 375 g/mol. The summed E-state index contributed by atoms with van der Waals surface area (Å²) in [6, 6.07) is 7.14. The van der Waals surface area contributed by atoms with Gasteiger partial charge in [-0.3, -0.25) is 9.59 Å². The highest BCUT2D eigenvalue weighted by Crippen LogP contribution is 2.38. The minimum Gasteiger partial charge on any atom is -0.495 e. The summed E-state index contributed by atoms with van der Waals surface area (Å²) in [6.45, 7) is 0. The number of rotatable bonds is 4. The molecule has 1 aromatic heterocycles. The average Bonchev–Trinajstić information content (AvgIpc) is 3.15. The van der Waals surface area contributed by atoms with Crippen LogP contribution in [0.4, 0.5) is 10.7 Å². The molecule has 0 atom stereocenters. The lowest BCUT2D eigenvalue weighted by Crippen LogP contribution is -2.28. The number of ether oxygens (including phenoxy) is 1. The molecule has 0 saturated carbocycles. The van der Waals surface area contributed by atoms with Crippen molar-refractivity contribution < 1.29 is 14.3 Å². The van der Waals surface area contributed by atoms with E-state index in [1.54, 1.807) is 18.2 Å². The van der Waals surface area contributed by atoms with E-state index < -0.39 is 11.8 Å². The SMILES string of the molecule is COc1ccccc1NC(=S)C(=O)Nc1sc2c(c1C(N)=O)CCC2. The van der Waals surface area contributed by atoms with Crippen LogP contribution in [0, 0.1) is 0 Å². The highest BCUT2D eigenvalue weighted by molar-refractivity contribution is 7.82. The molecule has 6 nitrogen and oxygen atoms in total. The number of primary amides is 1. The van der Waals surface area contributed by atoms with Gasteiger partial charge in [-0.1, -0.05) is 24.4 Å². The Balaban J connectivity index is 1.76. The maximum absolute atomic E-state index is 12.4. The van der Waals surface area contributed by atoms with Crippen molar-refractivity contribution in [2.24, 2.45) is 5.73 Å². The van der Waals surface area contributed by atoms with Crippen LogP contribution < -0.4 is 21.1 Å². The van der Waals surface area contributed by atoms with Gasteiger partial charge in [-0.25, -0.2) is 0 Å². The van der Waals surface area contributed by atoms with Crippen molar-refractivity contribution in [3.05, 3.63) is 40.3 Å². The van der Waals surface area contributed by atoms with Crippen molar-refractivity contribution in [3.63, 3.8) is 0 Å². The van der Waals surface area contributed by atoms with Crippen LogP contribution in [0.25, 0.3) is 0 Å². The number of thiophene rings is 1. The molecule has 3 rings (SSSR count). The zero-order valence-corrected chi connectivity index (χ0v) is 15.2. The molecule has 0 radical (unpaired) electrons. The van der Waals surface area contributed by atoms with E-state index in [4.69, 9.17) is 22.7 Å². The number of amides is 2. The lowest BCUT2D eigenvalue weighted by atomic mass is 10.1. The predicted octanol–water partition coefficient (Wildman–Crippen LogP) is 2.72. The van der Waals surface area contributed by atoms with Gasteiger partial charge in [-0.15, -0.1) is 11.3 Å². The summed E-state index contributed by atoms with van der Waals surface area (Å²) < 4.78 is 5.22. The Morgan fingerprint density at radius 2 is 2.00 bits per heavy atom. The van der Waals surface area contributed by atoms with E-state index in [1.165, 1.54) is 18.4 Å². The fourth-order valence-corrected chi connectivity index (χ4v) is 4.29. The zero-order valence-electron chi connectivity index (χ0n) is 13.5. The molecular weight excluding hydrogens is 358 g/mol. The Morgan fingerprint density at radius 3 is 2.72 bits per heavy atom. The molecule has 0 spiro atoms. The van der Waals surface area contributed by atoms with Gasteiger partial charge >= 0.3 is 0 Å². The van der Waals surface area contributed by atoms with Crippen molar-refractivity contribution in [2.75, 3.05) is 17.7 Å². The van der Waals surface area contributed by atoms with Crippen LogP contribution >= 0.6 is 23.6 Å². The Hall–Kier alpha value is -2.45. The molecule has 0 fully saturated rings. The van der Waals surface area contributed by atoms with E-state index in [0.29, 0.717) is 22.0 Å². The van der Waals surface area contributed by atoms with Crippen LogP contribution in [0.5, 0.6) is 5.75 Å². The lowest BCUT2D eigenvalue weighted by Gasteiger charge is -2.12. The number of nitrogens with one attached hydrogen (secondary N) is 2. The van der Waals surface area contributed by atoms with Crippen LogP contribution in [0.15, 0.2) is 24.3 Å². The maximum atomic E-state index is 12.4. The molecule has 4 N–H and O–H groups in total. The van der Waals surface area contributed by atoms with Gasteiger partial charge in [0.2, 0.25) is 0 Å². The van der Waals surface area contributed by atoms with Gasteiger partial charge in [0, 0.05) is 4.88 Å². The highest BCUT2D eigenvalue weighted by Gasteiger charge is 2.26. The predicted molar refractivity (Wildman–Crippen MR) is 103 cm³/mol. The van der Waals surface area contributed by atoms with E-state index in [0.717, 1.165) is 29.7 Å². The molecule has 2 amide bonds. The third-order valence-electron chi connectivity index (χ3n) is 3.96. The minimum absolute atomic E-state index is 0.0199. The largest absolute Gasteiger partial charge is 0.495 e. The summed E-state index contributed by atoms with van der Waals surface area (Å²) in [7, 11) is 1.54. The van der Waals surface area contributed by atoms with E-state index in [9.17, 15) is 9.59 Å². The second-order valence-corrected chi connectivity index (χ2v) is 7.05. The van der Waals surface area contributed by atoms with Gasteiger partial charge in [0.1, 0.15) is 10.8 Å². The number of thiocarbonyl (C=S) groups is 1. The zero-order chi connectivity index (χ0) is 18.0. The Bertz CT molecular complexity index is 861. The number of nitrogens with two attached hydrogens (primary N) is 1. The van der Waals surface area contributed by atoms with Gasteiger partial charge in [0.15, 0.2) is 4.99 Å². The first-order valence-corrected chi connectivity index (χ1v) is 8.93. The fraction of sp³-hybridized carbons (Fsp3) is 0.235. The second-order valence-electron chi connectivity index (χ2n) is 5.53. The Labute approximate surface area is 154 Å². The van der Waals surface area contributed by atoms with E-state index >= 15 is 0 Å². The third kappa shape index (κ3) is 3.49. The smallest absolute Gasteiger partial charge is 0.284 e. The number of para-hydroxylation sites is 2. The summed E-state index contributed by atoms with van der Waals surface area (Å²) in [5.41, 5.74) is 7.45. The molecular formula is C17H17N3O3S2. The average molecular weight is 375 g/mol. The highest BCUT2D eigenvalue weighted by atomic mass is 32.1. The normalized spacial score (nSPS) is 12.4. The summed E-state index contributed by atoms with van der Waals surface area (Å²) in [5.74, 6) is -0.452. The summed E-state index contributed by atoms with van der Waals surface area (Å²) >= 11 is 6.56. The molecule has 0 unspecified atom stereocenters. The van der Waals surface area contributed by atoms with Gasteiger partial charge in [-0.2, -0.15) is 0 Å². The van der Waals surface area contributed by atoms with Crippen molar-refractivity contribution in [2.45, 2.75) is 19.3 Å². The molecule has 1 aromatic carbocycles. The molecule has 1 heterocycles. The fourth-order valence-electron chi connectivity index (χ4n) is 2.84. The van der Waals surface area contributed by atoms with E-state index in [-0.39, 0.29) is 4.99 Å². The topological polar surface area (TPSA) is 93.4 Å². The van der Waals surface area contributed by atoms with E-state index in [2.05, 4.69) is 10.6 Å². The molecule has 8 heteroatoms. The first-order chi connectivity index (χ1) is 12.0. The second kappa shape index (κ2) is 7.20. The number of hydrogen-bond donors (Lipinski definition) is 3. The summed E-state index contributed by atoms with van der Waals surface area (Å²) in [4.78, 5) is 25.3. The number of fused-ring (bicyclic) bond motifs is 1. The van der Waals surface area contributed by atoms with Gasteiger partial charge in [0.25, 0.3) is 11.8 Å². The van der Waals surface area contributed by atoms with Crippen LogP contribution in [0.3, 0.4) is 0 Å². The molecule has 0 bridgehead atoms. The van der Waals surface area contributed by atoms with Crippen LogP contribution in [-0.4, -0.2) is 23.9 Å². The molecule has 1 aliphatic rings. The molecule has 0 aliphatic heterocycles. The molecule has 2 aromatic rings. The number of aryl methyl sites for hydroxylation is 1. The third-order valence-corrected chi connectivity index (χ3v) is 5.45. The number of methoxy groups -OCH3 is 1. The van der Waals surface area contributed by atoms with Gasteiger partial charge in [-0.05, 0) is 37.0 Å². The first kappa shape index (κ1) is 17.4. The quantitative estimate of drug-likeness (QED) is 0.715. The first-order valence-electron chi connectivity index (χ1n) is 7.71. The Kier molecular flexibility index (Phi) is 5.00. The van der Waals surface area contributed by atoms with Crippen molar-refractivity contribution >= 4 is 51.0 Å². The number of carbonyl (C=O) groups is 2. The van der Waals surface area contributed by atoms with Crippen molar-refractivity contribution in [1.82, 2.24) is 0 Å². The lowest BCUT2D eigenvalue weighted by molar-refractivity contribution is -0.110. The standard InChI is InChI=1S/C17H17N3O3S2/c1-23-11-7-3-2-6-10(11)19-16(24)15(22)20-17-13(14(18)21)9-5-4-8-12(9)25-17/h2-3,6-7H,4-5,8H2,1H3,(H2,18,21)(H,19,24)(H,20,22). The Morgan fingerprint density at radius 1 is 1.24 bits per heavy atom. The van der Waals surface area contributed by atoms with Crippen molar-refractivity contribution in [1.29, 1.82) is 0 Å². The van der Waals surface area contributed by atoms with Crippen molar-refractivity contribution in [3.8, 4) is 5.75 Å². The molecule has 0 saturated heterocycles. The number of benzene rings is 1. The van der Waals surface area contributed by atoms with Crippen LogP contribution in [-0.2, 0) is 17.6 Å². The maximum Gasteiger partial charge on any atom is 0.284 e. The molecule has 1 aliphatic carbocycles. The number of anilines is 2.